The third-order valence-corrected chi connectivity index (χ3v) is 3.99. The molecular weight excluding hydrogens is 340 g/mol. The van der Waals surface area contributed by atoms with E-state index in [0.29, 0.717) is 23.6 Å². The zero-order valence-corrected chi connectivity index (χ0v) is 14.8. The number of para-hydroxylation sites is 3. The van der Waals surface area contributed by atoms with Crippen molar-refractivity contribution < 1.29 is 14.6 Å². The van der Waals surface area contributed by atoms with Crippen molar-refractivity contribution in [2.24, 2.45) is 0 Å². The number of benzene rings is 3. The Balaban J connectivity index is 1.63. The number of anilines is 1. The molecule has 1 atom stereocenters. The lowest BCUT2D eigenvalue weighted by molar-refractivity contribution is 0.224. The summed E-state index contributed by atoms with van der Waals surface area (Å²) in [5.74, 6) is 1.23. The third-order valence-electron chi connectivity index (χ3n) is 3.99. The molecule has 138 valence electrons. The largest absolute Gasteiger partial charge is 0.455 e. The van der Waals surface area contributed by atoms with Crippen molar-refractivity contribution >= 4 is 11.7 Å². The van der Waals surface area contributed by atoms with Gasteiger partial charge in [0.15, 0.2) is 5.75 Å². The fraction of sp³-hybridized carbons (Fsp3) is 0.136. The van der Waals surface area contributed by atoms with Crippen molar-refractivity contribution in [3.8, 4) is 11.5 Å². The highest BCUT2D eigenvalue weighted by atomic mass is 16.5. The minimum absolute atomic E-state index is 0.148. The van der Waals surface area contributed by atoms with Crippen LogP contribution in [-0.2, 0) is 6.42 Å². The molecule has 0 bridgehead atoms. The van der Waals surface area contributed by atoms with E-state index in [4.69, 9.17) is 4.74 Å². The normalized spacial score (nSPS) is 11.4. The van der Waals surface area contributed by atoms with Gasteiger partial charge in [0.1, 0.15) is 5.75 Å². The summed E-state index contributed by atoms with van der Waals surface area (Å²) < 4.78 is 5.85. The zero-order chi connectivity index (χ0) is 18.9. The van der Waals surface area contributed by atoms with Crippen molar-refractivity contribution in [3.63, 3.8) is 0 Å². The Kier molecular flexibility index (Phi) is 6.44. The standard InChI is InChI=1S/C22H22N2O3/c25-16-18(15-17-9-3-1-4-10-17)23-22(26)24-20-13-7-8-14-21(20)27-19-11-5-2-6-12-19/h1-14,18,25H,15-16H2,(H2,23,24,26). The number of aliphatic hydroxyl groups is 1. The summed E-state index contributed by atoms with van der Waals surface area (Å²) in [4.78, 5) is 12.4. The molecule has 0 spiro atoms. The number of hydrogen-bond acceptors (Lipinski definition) is 3. The fourth-order valence-corrected chi connectivity index (χ4v) is 2.68. The quantitative estimate of drug-likeness (QED) is 0.590. The van der Waals surface area contributed by atoms with Crippen molar-refractivity contribution in [2.45, 2.75) is 12.5 Å². The van der Waals surface area contributed by atoms with Gasteiger partial charge in [-0.05, 0) is 36.2 Å². The minimum atomic E-state index is -0.394. The van der Waals surface area contributed by atoms with Gasteiger partial charge in [-0.3, -0.25) is 0 Å². The highest BCUT2D eigenvalue weighted by Gasteiger charge is 2.14. The first kappa shape index (κ1) is 18.5. The summed E-state index contributed by atoms with van der Waals surface area (Å²) in [5, 5.41) is 15.2. The molecule has 3 N–H and O–H groups in total. The number of urea groups is 1. The van der Waals surface area contributed by atoms with Crippen LogP contribution in [0.4, 0.5) is 10.5 Å². The SMILES string of the molecule is O=C(Nc1ccccc1Oc1ccccc1)NC(CO)Cc1ccccc1. The Labute approximate surface area is 158 Å². The van der Waals surface area contributed by atoms with Gasteiger partial charge in [0.2, 0.25) is 0 Å². The Hall–Kier alpha value is -3.31. The van der Waals surface area contributed by atoms with Crippen molar-refractivity contribution in [1.29, 1.82) is 0 Å². The smallest absolute Gasteiger partial charge is 0.319 e. The highest BCUT2D eigenvalue weighted by molar-refractivity contribution is 5.91. The lowest BCUT2D eigenvalue weighted by Gasteiger charge is -2.18. The molecule has 27 heavy (non-hydrogen) atoms. The van der Waals surface area contributed by atoms with Crippen LogP contribution >= 0.6 is 0 Å². The second-order valence-corrected chi connectivity index (χ2v) is 6.08. The first-order valence-electron chi connectivity index (χ1n) is 8.79. The maximum Gasteiger partial charge on any atom is 0.319 e. The minimum Gasteiger partial charge on any atom is -0.455 e. The number of amides is 2. The maximum absolute atomic E-state index is 12.4. The lowest BCUT2D eigenvalue weighted by Crippen LogP contribution is -2.41. The van der Waals surface area contributed by atoms with E-state index in [2.05, 4.69) is 10.6 Å². The molecule has 0 radical (unpaired) electrons. The molecule has 3 rings (SSSR count). The predicted octanol–water partition coefficient (Wildman–Crippen LogP) is 4.20. The number of rotatable bonds is 7. The first-order valence-corrected chi connectivity index (χ1v) is 8.79. The molecule has 0 aliphatic carbocycles. The molecule has 5 nitrogen and oxygen atoms in total. The van der Waals surface area contributed by atoms with E-state index >= 15 is 0 Å². The lowest BCUT2D eigenvalue weighted by atomic mass is 10.1. The molecule has 5 heteroatoms. The van der Waals surface area contributed by atoms with Crippen LogP contribution in [0.1, 0.15) is 5.56 Å². The summed E-state index contributed by atoms with van der Waals surface area (Å²) in [6, 6.07) is 25.5. The van der Waals surface area contributed by atoms with Gasteiger partial charge >= 0.3 is 6.03 Å². The van der Waals surface area contributed by atoms with Crippen molar-refractivity contribution in [1.82, 2.24) is 5.32 Å². The molecule has 0 saturated heterocycles. The van der Waals surface area contributed by atoms with Gasteiger partial charge in [0.25, 0.3) is 0 Å². The van der Waals surface area contributed by atoms with E-state index < -0.39 is 6.03 Å². The second-order valence-electron chi connectivity index (χ2n) is 6.08. The number of ether oxygens (including phenoxy) is 1. The van der Waals surface area contributed by atoms with Crippen LogP contribution in [0.2, 0.25) is 0 Å². The molecule has 0 aromatic heterocycles. The Morgan fingerprint density at radius 1 is 0.889 bits per heavy atom. The topological polar surface area (TPSA) is 70.6 Å². The third kappa shape index (κ3) is 5.59. The molecule has 0 aliphatic heterocycles. The van der Waals surface area contributed by atoms with Gasteiger partial charge in [-0.1, -0.05) is 60.7 Å². The Morgan fingerprint density at radius 2 is 1.52 bits per heavy atom. The first-order chi connectivity index (χ1) is 13.2. The van der Waals surface area contributed by atoms with Crippen molar-refractivity contribution in [3.05, 3.63) is 90.5 Å². The van der Waals surface area contributed by atoms with Gasteiger partial charge in [0, 0.05) is 0 Å². The van der Waals surface area contributed by atoms with Crippen LogP contribution in [0.25, 0.3) is 0 Å². The molecule has 0 aliphatic rings. The molecule has 3 aromatic rings. The van der Waals surface area contributed by atoms with Crippen LogP contribution in [0, 0.1) is 0 Å². The summed E-state index contributed by atoms with van der Waals surface area (Å²) in [6.45, 7) is -0.148. The Bertz CT molecular complexity index is 854. The molecular formula is C22H22N2O3. The molecule has 2 amide bonds. The van der Waals surface area contributed by atoms with Crippen LogP contribution in [0.15, 0.2) is 84.9 Å². The Morgan fingerprint density at radius 3 is 2.22 bits per heavy atom. The van der Waals surface area contributed by atoms with E-state index in [1.165, 1.54) is 0 Å². The number of hydrogen-bond donors (Lipinski definition) is 3. The predicted molar refractivity (Wildman–Crippen MR) is 106 cm³/mol. The van der Waals surface area contributed by atoms with E-state index in [0.717, 1.165) is 5.56 Å². The molecule has 3 aromatic carbocycles. The van der Waals surface area contributed by atoms with Gasteiger partial charge in [-0.25, -0.2) is 4.79 Å². The number of carbonyl (C=O) groups excluding carboxylic acids is 1. The van der Waals surface area contributed by atoms with Crippen LogP contribution in [-0.4, -0.2) is 23.8 Å². The molecule has 0 heterocycles. The van der Waals surface area contributed by atoms with Crippen LogP contribution in [0.5, 0.6) is 11.5 Å². The number of carbonyl (C=O) groups is 1. The van der Waals surface area contributed by atoms with Crippen molar-refractivity contribution in [2.75, 3.05) is 11.9 Å². The van der Waals surface area contributed by atoms with E-state index in [1.54, 1.807) is 12.1 Å². The number of aliphatic hydroxyl groups excluding tert-OH is 1. The maximum atomic E-state index is 12.4. The molecule has 0 saturated carbocycles. The van der Waals surface area contributed by atoms with Crippen LogP contribution in [0.3, 0.4) is 0 Å². The van der Waals surface area contributed by atoms with Gasteiger partial charge < -0.3 is 20.5 Å². The summed E-state index contributed by atoms with van der Waals surface area (Å²) >= 11 is 0. The number of nitrogens with one attached hydrogen (secondary N) is 2. The van der Waals surface area contributed by atoms with Gasteiger partial charge in [0.05, 0.1) is 18.3 Å². The summed E-state index contributed by atoms with van der Waals surface area (Å²) in [7, 11) is 0. The van der Waals surface area contributed by atoms with E-state index in [1.807, 2.05) is 72.8 Å². The highest BCUT2D eigenvalue weighted by Crippen LogP contribution is 2.28. The molecule has 1 unspecified atom stereocenters. The van der Waals surface area contributed by atoms with Crippen LogP contribution < -0.4 is 15.4 Å². The average molecular weight is 362 g/mol. The van der Waals surface area contributed by atoms with Gasteiger partial charge in [-0.15, -0.1) is 0 Å². The second kappa shape index (κ2) is 9.40. The van der Waals surface area contributed by atoms with Gasteiger partial charge in [-0.2, -0.15) is 0 Å². The average Bonchev–Trinajstić information content (AvgIpc) is 2.70. The van der Waals surface area contributed by atoms with E-state index in [-0.39, 0.29) is 12.6 Å². The molecule has 0 fully saturated rings. The monoisotopic (exact) mass is 362 g/mol. The summed E-state index contributed by atoms with van der Waals surface area (Å²) in [6.07, 6.45) is 0.549. The fourth-order valence-electron chi connectivity index (χ4n) is 2.68. The van der Waals surface area contributed by atoms with E-state index in [9.17, 15) is 9.90 Å². The zero-order valence-electron chi connectivity index (χ0n) is 14.8. The summed E-state index contributed by atoms with van der Waals surface area (Å²) in [5.41, 5.74) is 1.60.